The number of carbonyl (C=O) groups excluding carboxylic acids is 1. The lowest BCUT2D eigenvalue weighted by atomic mass is 9.94. The predicted octanol–water partition coefficient (Wildman–Crippen LogP) is 3.14. The van der Waals surface area contributed by atoms with Gasteiger partial charge in [0.25, 0.3) is 0 Å². The molecule has 1 atom stereocenters. The van der Waals surface area contributed by atoms with Gasteiger partial charge in [0.2, 0.25) is 0 Å². The van der Waals surface area contributed by atoms with Gasteiger partial charge in [-0.1, -0.05) is 19.9 Å². The number of rotatable bonds is 3. The summed E-state index contributed by atoms with van der Waals surface area (Å²) in [7, 11) is 1.60. The van der Waals surface area contributed by atoms with Crippen LogP contribution in [0.15, 0.2) is 24.0 Å². The van der Waals surface area contributed by atoms with Gasteiger partial charge >= 0.3 is 0 Å². The topological polar surface area (TPSA) is 46.5 Å². The maximum absolute atomic E-state index is 12.1. The Morgan fingerprint density at radius 2 is 2.17 bits per heavy atom. The summed E-state index contributed by atoms with van der Waals surface area (Å²) >= 11 is 0. The zero-order valence-electron chi connectivity index (χ0n) is 11.0. The summed E-state index contributed by atoms with van der Waals surface area (Å²) in [5, 5.41) is 9.98. The average Bonchev–Trinajstić information content (AvgIpc) is 2.62. The molecule has 0 spiro atoms. The second kappa shape index (κ2) is 4.84. The molecule has 0 saturated carbocycles. The van der Waals surface area contributed by atoms with Gasteiger partial charge < -0.3 is 9.84 Å². The zero-order chi connectivity index (χ0) is 13.3. The van der Waals surface area contributed by atoms with Gasteiger partial charge in [0.1, 0.15) is 11.5 Å². The smallest absolute Gasteiger partial charge is 0.170 e. The minimum Gasteiger partial charge on any atom is -0.512 e. The van der Waals surface area contributed by atoms with Crippen LogP contribution in [-0.4, -0.2) is 18.0 Å². The average molecular weight is 246 g/mol. The van der Waals surface area contributed by atoms with Crippen LogP contribution in [0.2, 0.25) is 0 Å². The number of allylic oxidation sites excluding steroid dienone is 2. The summed E-state index contributed by atoms with van der Waals surface area (Å²) in [4.78, 5) is 12.1. The number of ketones is 1. The van der Waals surface area contributed by atoms with Crippen LogP contribution in [-0.2, 0) is 11.2 Å². The molecule has 2 rings (SSSR count). The van der Waals surface area contributed by atoms with Crippen molar-refractivity contribution in [3.05, 3.63) is 35.1 Å². The van der Waals surface area contributed by atoms with Crippen LogP contribution in [0, 0.1) is 5.92 Å². The van der Waals surface area contributed by atoms with Gasteiger partial charge in [-0.25, -0.2) is 0 Å². The molecule has 0 radical (unpaired) electrons. The van der Waals surface area contributed by atoms with E-state index in [9.17, 15) is 9.90 Å². The lowest BCUT2D eigenvalue weighted by molar-refractivity contribution is -0.116. The molecular formula is C15H18O3. The lowest BCUT2D eigenvalue weighted by Gasteiger charge is -2.11. The molecule has 0 aliphatic heterocycles. The summed E-state index contributed by atoms with van der Waals surface area (Å²) in [5.41, 5.74) is 2.33. The molecule has 18 heavy (non-hydrogen) atoms. The second-order valence-corrected chi connectivity index (χ2v) is 4.67. The van der Waals surface area contributed by atoms with E-state index in [1.54, 1.807) is 7.11 Å². The highest BCUT2D eigenvalue weighted by molar-refractivity contribution is 6.24. The third kappa shape index (κ3) is 2.01. The van der Waals surface area contributed by atoms with E-state index in [4.69, 9.17) is 4.74 Å². The number of Topliss-reactive ketones (excluding diaryl/α,β-unsaturated/α-hetero) is 1. The number of methoxy groups -OCH3 is 1. The molecule has 3 heteroatoms. The van der Waals surface area contributed by atoms with Gasteiger partial charge in [-0.15, -0.1) is 0 Å². The number of hydrogen-bond acceptors (Lipinski definition) is 3. The maximum atomic E-state index is 12.1. The first-order chi connectivity index (χ1) is 8.58. The van der Waals surface area contributed by atoms with Gasteiger partial charge in [-0.05, 0) is 29.7 Å². The van der Waals surface area contributed by atoms with E-state index in [0.29, 0.717) is 17.7 Å². The molecule has 0 amide bonds. The number of ether oxygens (including phenoxy) is 1. The molecule has 0 aromatic heterocycles. The molecule has 3 nitrogen and oxygen atoms in total. The zero-order valence-corrected chi connectivity index (χ0v) is 11.0. The summed E-state index contributed by atoms with van der Waals surface area (Å²) in [6.07, 6.45) is 1.26. The Morgan fingerprint density at radius 1 is 1.44 bits per heavy atom. The Morgan fingerprint density at radius 3 is 2.67 bits per heavy atom. The fraction of sp³-hybridized carbons (Fsp3) is 0.400. The van der Waals surface area contributed by atoms with Crippen molar-refractivity contribution >= 4 is 11.4 Å². The Bertz CT molecular complexity index is 514. The number of benzene rings is 1. The number of carbonyl (C=O) groups is 1. The normalized spacial score (nSPS) is 19.5. The molecule has 1 aromatic carbocycles. The Labute approximate surface area is 107 Å². The quantitative estimate of drug-likeness (QED) is 0.891. The first-order valence-corrected chi connectivity index (χ1v) is 6.22. The fourth-order valence-electron chi connectivity index (χ4n) is 2.39. The molecule has 0 heterocycles. The largest absolute Gasteiger partial charge is 0.512 e. The predicted molar refractivity (Wildman–Crippen MR) is 70.7 cm³/mol. The molecule has 1 N–H and O–H groups in total. The standard InChI is InChI=1S/C15H18O3/c1-4-10-5-6-11(18-3)8-12(10)14-13(16)7-9(2)15(14)17/h5-6,8-9,16H,4,7H2,1-3H3. The van der Waals surface area contributed by atoms with Crippen LogP contribution < -0.4 is 4.74 Å². The highest BCUT2D eigenvalue weighted by Gasteiger charge is 2.31. The Kier molecular flexibility index (Phi) is 3.41. The van der Waals surface area contributed by atoms with Crippen molar-refractivity contribution < 1.29 is 14.6 Å². The van der Waals surface area contributed by atoms with Crippen molar-refractivity contribution in [3.63, 3.8) is 0 Å². The van der Waals surface area contributed by atoms with Gasteiger partial charge in [0, 0.05) is 12.3 Å². The van der Waals surface area contributed by atoms with Crippen molar-refractivity contribution in [1.29, 1.82) is 0 Å². The molecule has 0 bridgehead atoms. The summed E-state index contributed by atoms with van der Waals surface area (Å²) in [5.74, 6) is 0.802. The first kappa shape index (κ1) is 12.7. The van der Waals surface area contributed by atoms with Gasteiger partial charge in [0.15, 0.2) is 5.78 Å². The molecular weight excluding hydrogens is 228 g/mol. The summed E-state index contributed by atoms with van der Waals surface area (Å²) in [6.45, 7) is 3.88. The molecule has 1 aromatic rings. The van der Waals surface area contributed by atoms with E-state index in [1.807, 2.05) is 32.0 Å². The van der Waals surface area contributed by atoms with Crippen LogP contribution in [0.1, 0.15) is 31.4 Å². The third-order valence-electron chi connectivity index (χ3n) is 3.45. The maximum Gasteiger partial charge on any atom is 0.170 e. The second-order valence-electron chi connectivity index (χ2n) is 4.67. The SMILES string of the molecule is CCc1ccc(OC)cc1C1=C(O)CC(C)C1=O. The minimum atomic E-state index is -0.129. The fourth-order valence-corrected chi connectivity index (χ4v) is 2.39. The number of aliphatic hydroxyl groups is 1. The van der Waals surface area contributed by atoms with Gasteiger partial charge in [-0.3, -0.25) is 4.79 Å². The number of hydrogen-bond donors (Lipinski definition) is 1. The van der Waals surface area contributed by atoms with Crippen LogP contribution >= 0.6 is 0 Å². The molecule has 0 saturated heterocycles. The van der Waals surface area contributed by atoms with Crippen molar-refractivity contribution in [2.24, 2.45) is 5.92 Å². The van der Waals surface area contributed by atoms with E-state index in [-0.39, 0.29) is 17.5 Å². The highest BCUT2D eigenvalue weighted by atomic mass is 16.5. The molecule has 96 valence electrons. The molecule has 1 unspecified atom stereocenters. The summed E-state index contributed by atoms with van der Waals surface area (Å²) in [6, 6.07) is 5.66. The van der Waals surface area contributed by atoms with Crippen LogP contribution in [0.4, 0.5) is 0 Å². The molecule has 1 aliphatic carbocycles. The first-order valence-electron chi connectivity index (χ1n) is 6.22. The van der Waals surface area contributed by atoms with Crippen LogP contribution in [0.3, 0.4) is 0 Å². The van der Waals surface area contributed by atoms with E-state index >= 15 is 0 Å². The van der Waals surface area contributed by atoms with Crippen LogP contribution in [0.5, 0.6) is 5.75 Å². The molecule has 0 fully saturated rings. The number of aryl methyl sites for hydroxylation is 1. The van der Waals surface area contributed by atoms with Crippen LogP contribution in [0.25, 0.3) is 5.57 Å². The van der Waals surface area contributed by atoms with Crippen molar-refractivity contribution in [3.8, 4) is 5.75 Å². The van der Waals surface area contributed by atoms with E-state index in [2.05, 4.69) is 0 Å². The van der Waals surface area contributed by atoms with Crippen molar-refractivity contribution in [2.75, 3.05) is 7.11 Å². The van der Waals surface area contributed by atoms with E-state index in [0.717, 1.165) is 17.5 Å². The van der Waals surface area contributed by atoms with Crippen molar-refractivity contribution in [2.45, 2.75) is 26.7 Å². The minimum absolute atomic E-state index is 0.0236. The van der Waals surface area contributed by atoms with Crippen molar-refractivity contribution in [1.82, 2.24) is 0 Å². The summed E-state index contributed by atoms with van der Waals surface area (Å²) < 4.78 is 5.20. The third-order valence-corrected chi connectivity index (χ3v) is 3.45. The Hall–Kier alpha value is -1.77. The molecule has 1 aliphatic rings. The highest BCUT2D eigenvalue weighted by Crippen LogP contribution is 2.36. The monoisotopic (exact) mass is 246 g/mol. The number of aliphatic hydroxyl groups excluding tert-OH is 1. The van der Waals surface area contributed by atoms with Gasteiger partial charge in [-0.2, -0.15) is 0 Å². The van der Waals surface area contributed by atoms with E-state index < -0.39 is 0 Å². The lowest BCUT2D eigenvalue weighted by Crippen LogP contribution is -2.07. The Balaban J connectivity index is 2.56. The van der Waals surface area contributed by atoms with E-state index in [1.165, 1.54) is 0 Å². The van der Waals surface area contributed by atoms with Gasteiger partial charge in [0.05, 0.1) is 12.7 Å².